The summed E-state index contributed by atoms with van der Waals surface area (Å²) in [5.74, 6) is 1.04. The summed E-state index contributed by atoms with van der Waals surface area (Å²) in [5.41, 5.74) is 9.19. The zero-order chi connectivity index (χ0) is 23.4. The van der Waals surface area contributed by atoms with Crippen LogP contribution in [-0.4, -0.2) is 30.4 Å². The van der Waals surface area contributed by atoms with E-state index in [1.165, 1.54) is 39.1 Å². The summed E-state index contributed by atoms with van der Waals surface area (Å²) in [5, 5.41) is 3.53. The molecule has 0 unspecified atom stereocenters. The first-order chi connectivity index (χ1) is 14.9. The second-order valence-corrected chi connectivity index (χ2v) is 7.91. The molecule has 1 aromatic rings. The number of likely N-dealkylation sites (N-methyl/N-ethyl adjacent to an activating group) is 1. The van der Waals surface area contributed by atoms with Gasteiger partial charge in [-0.15, -0.1) is 0 Å². The zero-order valence-corrected chi connectivity index (χ0v) is 21.1. The fraction of sp³-hybridized carbons (Fsp3) is 0.464. The molecule has 1 aromatic carbocycles. The number of benzene rings is 1. The largest absolute Gasteiger partial charge is 0.370 e. The summed E-state index contributed by atoms with van der Waals surface area (Å²) in [6, 6.07) is 6.47. The first-order valence-corrected chi connectivity index (χ1v) is 11.6. The molecule has 0 aromatic heterocycles. The Morgan fingerprint density at radius 2 is 1.87 bits per heavy atom. The number of allylic oxidation sites excluding steroid dienone is 5. The highest BCUT2D eigenvalue weighted by atomic mass is 15.1. The molecule has 0 atom stereocenters. The van der Waals surface area contributed by atoms with Gasteiger partial charge >= 0.3 is 0 Å². The molecule has 0 saturated carbocycles. The number of nitrogens with zero attached hydrogens (tertiary/aromatic N) is 2. The lowest BCUT2D eigenvalue weighted by molar-refractivity contribution is 0.363. The Kier molecular flexibility index (Phi) is 11.7. The summed E-state index contributed by atoms with van der Waals surface area (Å²) in [7, 11) is 0. The van der Waals surface area contributed by atoms with Crippen molar-refractivity contribution in [3.8, 4) is 0 Å². The maximum Gasteiger partial charge on any atom is 0.126 e. The Morgan fingerprint density at radius 3 is 2.52 bits per heavy atom. The van der Waals surface area contributed by atoms with E-state index in [0.29, 0.717) is 6.54 Å². The second-order valence-electron chi connectivity index (χ2n) is 7.91. The number of aliphatic imine (C=N–C) groups is 1. The predicted octanol–water partition coefficient (Wildman–Crippen LogP) is 6.90. The van der Waals surface area contributed by atoms with Crippen molar-refractivity contribution in [1.82, 2.24) is 10.2 Å². The first kappa shape index (κ1) is 26.5. The third-order valence-electron chi connectivity index (χ3n) is 5.78. The van der Waals surface area contributed by atoms with Gasteiger partial charge in [0.05, 0.1) is 6.54 Å². The van der Waals surface area contributed by atoms with Gasteiger partial charge < -0.3 is 10.2 Å². The topological polar surface area (TPSA) is 27.6 Å². The normalized spacial score (nSPS) is 15.5. The van der Waals surface area contributed by atoms with E-state index < -0.39 is 0 Å². The van der Waals surface area contributed by atoms with Crippen LogP contribution in [0.15, 0.2) is 70.4 Å². The molecule has 0 aliphatic carbocycles. The van der Waals surface area contributed by atoms with Gasteiger partial charge in [0, 0.05) is 30.9 Å². The maximum absolute atomic E-state index is 5.02. The van der Waals surface area contributed by atoms with Gasteiger partial charge in [0.1, 0.15) is 5.84 Å². The molecule has 0 bridgehead atoms. The summed E-state index contributed by atoms with van der Waals surface area (Å²) in [4.78, 5) is 7.46. The van der Waals surface area contributed by atoms with Gasteiger partial charge in [-0.2, -0.15) is 0 Å². The third kappa shape index (κ3) is 7.90. The molecule has 1 aliphatic heterocycles. The van der Waals surface area contributed by atoms with Crippen LogP contribution in [0.25, 0.3) is 0 Å². The van der Waals surface area contributed by atoms with E-state index in [2.05, 4.69) is 88.7 Å². The van der Waals surface area contributed by atoms with Crippen LogP contribution in [0.4, 0.5) is 0 Å². The molecule has 0 spiro atoms. The van der Waals surface area contributed by atoms with Crippen LogP contribution in [0, 0.1) is 13.8 Å². The molecular weight excluding hydrogens is 378 g/mol. The monoisotopic (exact) mass is 421 g/mol. The highest BCUT2D eigenvalue weighted by Gasteiger charge is 2.20. The van der Waals surface area contributed by atoms with Gasteiger partial charge in [-0.1, -0.05) is 61.9 Å². The van der Waals surface area contributed by atoms with E-state index >= 15 is 0 Å². The van der Waals surface area contributed by atoms with E-state index in [1.54, 1.807) is 0 Å². The van der Waals surface area contributed by atoms with Gasteiger partial charge in [0.25, 0.3) is 0 Å². The molecule has 0 fully saturated rings. The van der Waals surface area contributed by atoms with Gasteiger partial charge in [0.15, 0.2) is 0 Å². The number of rotatable bonds is 7. The molecule has 1 heterocycles. The Morgan fingerprint density at radius 1 is 1.16 bits per heavy atom. The Hall–Kier alpha value is -2.55. The molecule has 31 heavy (non-hydrogen) atoms. The lowest BCUT2D eigenvalue weighted by Gasteiger charge is -2.33. The number of hydrogen-bond acceptors (Lipinski definition) is 2. The summed E-state index contributed by atoms with van der Waals surface area (Å²) in [6.07, 6.45) is 7.28. The second kappa shape index (κ2) is 13.7. The van der Waals surface area contributed by atoms with Gasteiger partial charge in [-0.05, 0) is 70.7 Å². The van der Waals surface area contributed by atoms with Crippen molar-refractivity contribution >= 4 is 5.84 Å². The SMILES string of the molecule is C=C/C(C)=C\C=C(/C)N1CCC(C)=C(C(=NCc2cccc(C)c2C)NCC)C1.CC. The molecule has 3 nitrogen and oxygen atoms in total. The molecule has 1 aliphatic rings. The average Bonchev–Trinajstić information content (AvgIpc) is 2.79. The van der Waals surface area contributed by atoms with Crippen LogP contribution in [0.5, 0.6) is 0 Å². The fourth-order valence-electron chi connectivity index (χ4n) is 3.43. The van der Waals surface area contributed by atoms with E-state index in [9.17, 15) is 0 Å². The van der Waals surface area contributed by atoms with Crippen LogP contribution in [0.2, 0.25) is 0 Å². The van der Waals surface area contributed by atoms with Crippen LogP contribution < -0.4 is 5.32 Å². The van der Waals surface area contributed by atoms with Crippen molar-refractivity contribution in [2.45, 2.75) is 68.4 Å². The Bertz CT molecular complexity index is 853. The van der Waals surface area contributed by atoms with Crippen molar-refractivity contribution in [3.63, 3.8) is 0 Å². The Labute approximate surface area is 191 Å². The van der Waals surface area contributed by atoms with E-state index in [0.717, 1.165) is 31.9 Å². The zero-order valence-electron chi connectivity index (χ0n) is 21.1. The van der Waals surface area contributed by atoms with Crippen molar-refractivity contribution in [2.75, 3.05) is 19.6 Å². The van der Waals surface area contributed by atoms with Gasteiger partial charge in [-0.25, -0.2) is 0 Å². The van der Waals surface area contributed by atoms with Crippen LogP contribution in [-0.2, 0) is 6.54 Å². The van der Waals surface area contributed by atoms with Crippen molar-refractivity contribution in [2.24, 2.45) is 4.99 Å². The third-order valence-corrected chi connectivity index (χ3v) is 5.78. The number of hydrogen-bond donors (Lipinski definition) is 1. The summed E-state index contributed by atoms with van der Waals surface area (Å²) in [6.45, 7) is 24.4. The quantitative estimate of drug-likeness (QED) is 0.295. The number of amidine groups is 1. The molecule has 3 heteroatoms. The smallest absolute Gasteiger partial charge is 0.126 e. The van der Waals surface area contributed by atoms with E-state index in [-0.39, 0.29) is 0 Å². The molecule has 170 valence electrons. The standard InChI is InChI=1S/C26H37N3.C2H6/c1-8-19(3)13-14-22(6)29-16-15-21(5)25(18-29)26(27-9-2)28-17-24-12-10-11-20(4)23(24)7;1-2/h8,10-14H,1,9,15-18H2,2-7H3,(H,27,28);1-2H3/b19-13-,22-14+;. The lowest BCUT2D eigenvalue weighted by Crippen LogP contribution is -2.37. The lowest BCUT2D eigenvalue weighted by atomic mass is 9.99. The van der Waals surface area contributed by atoms with Gasteiger partial charge in [0.2, 0.25) is 0 Å². The Balaban J connectivity index is 0.00000233. The maximum atomic E-state index is 5.02. The minimum Gasteiger partial charge on any atom is -0.370 e. The van der Waals surface area contributed by atoms with Crippen LogP contribution in [0.3, 0.4) is 0 Å². The van der Waals surface area contributed by atoms with Crippen molar-refractivity contribution < 1.29 is 0 Å². The molecule has 1 N–H and O–H groups in total. The van der Waals surface area contributed by atoms with Gasteiger partial charge in [-0.3, -0.25) is 4.99 Å². The highest BCUT2D eigenvalue weighted by Crippen LogP contribution is 2.22. The van der Waals surface area contributed by atoms with E-state index in [4.69, 9.17) is 4.99 Å². The minimum atomic E-state index is 0.711. The molecule has 0 amide bonds. The fourth-order valence-corrected chi connectivity index (χ4v) is 3.43. The van der Waals surface area contributed by atoms with Crippen molar-refractivity contribution in [3.05, 3.63) is 82.1 Å². The molecule has 2 rings (SSSR count). The summed E-state index contributed by atoms with van der Waals surface area (Å²) < 4.78 is 0. The highest BCUT2D eigenvalue weighted by molar-refractivity contribution is 5.99. The summed E-state index contributed by atoms with van der Waals surface area (Å²) >= 11 is 0. The van der Waals surface area contributed by atoms with Crippen LogP contribution >= 0.6 is 0 Å². The van der Waals surface area contributed by atoms with E-state index in [1.807, 2.05) is 19.9 Å². The number of nitrogens with one attached hydrogen (secondary N) is 1. The number of aryl methyl sites for hydroxylation is 1. The molecule has 0 radical (unpaired) electrons. The van der Waals surface area contributed by atoms with Crippen molar-refractivity contribution in [1.29, 1.82) is 0 Å². The average molecular weight is 422 g/mol. The van der Waals surface area contributed by atoms with Crippen LogP contribution in [0.1, 0.15) is 64.7 Å². The molecule has 0 saturated heterocycles. The first-order valence-electron chi connectivity index (χ1n) is 11.6. The molecular formula is C28H43N3. The predicted molar refractivity (Wildman–Crippen MR) is 139 cm³/mol. The minimum absolute atomic E-state index is 0.711.